The minimum Gasteiger partial charge on any atom is -0.462 e. The number of aliphatic hydroxyl groups is 1. The first-order valence-electron chi connectivity index (χ1n) is 36.8. The summed E-state index contributed by atoms with van der Waals surface area (Å²) in [5.41, 5.74) is 0. The molecule has 0 aromatic carbocycles. The second-order valence-corrected chi connectivity index (χ2v) is 30.0. The molecule has 0 aromatic heterocycles. The van der Waals surface area contributed by atoms with E-state index >= 15 is 0 Å². The van der Waals surface area contributed by atoms with Gasteiger partial charge in [-0.05, 0) is 49.4 Å². The maximum absolute atomic E-state index is 13.0. The Labute approximate surface area is 549 Å². The van der Waals surface area contributed by atoms with Crippen molar-refractivity contribution in [2.24, 2.45) is 23.7 Å². The molecule has 0 amide bonds. The Bertz CT molecular complexity index is 1790. The molecule has 19 heteroatoms. The van der Waals surface area contributed by atoms with Crippen LogP contribution in [-0.4, -0.2) is 96.7 Å². The molecule has 0 aliphatic heterocycles. The van der Waals surface area contributed by atoms with Crippen molar-refractivity contribution in [2.75, 3.05) is 39.6 Å². The Kier molecular flexibility index (Phi) is 59.4. The van der Waals surface area contributed by atoms with Gasteiger partial charge in [0.25, 0.3) is 0 Å². The van der Waals surface area contributed by atoms with Crippen LogP contribution in [0.5, 0.6) is 0 Å². The van der Waals surface area contributed by atoms with E-state index in [1.807, 2.05) is 0 Å². The lowest BCUT2D eigenvalue weighted by Gasteiger charge is -2.21. The Morgan fingerprint density at radius 3 is 0.789 bits per heavy atom. The lowest BCUT2D eigenvalue weighted by Crippen LogP contribution is -2.30. The monoisotopic (exact) mass is 1320 g/mol. The quantitative estimate of drug-likeness (QED) is 0.0222. The number of unbranched alkanes of at least 4 members (excludes halogenated alkanes) is 32. The molecule has 0 heterocycles. The van der Waals surface area contributed by atoms with Crippen molar-refractivity contribution in [2.45, 2.75) is 369 Å². The van der Waals surface area contributed by atoms with Crippen LogP contribution in [0.3, 0.4) is 0 Å². The molecule has 0 bridgehead atoms. The van der Waals surface area contributed by atoms with Crippen molar-refractivity contribution < 1.29 is 80.2 Å². The molecule has 0 spiro atoms. The fourth-order valence-electron chi connectivity index (χ4n) is 10.6. The summed E-state index contributed by atoms with van der Waals surface area (Å²) >= 11 is 0. The number of hydrogen-bond acceptors (Lipinski definition) is 15. The zero-order valence-corrected chi connectivity index (χ0v) is 60.6. The number of aliphatic hydroxyl groups excluding tert-OH is 1. The third-order valence-corrected chi connectivity index (χ3v) is 18.9. The zero-order chi connectivity index (χ0) is 66.8. The van der Waals surface area contributed by atoms with Gasteiger partial charge in [-0.3, -0.25) is 37.3 Å². The highest BCUT2D eigenvalue weighted by Gasteiger charge is 2.30. The van der Waals surface area contributed by atoms with Gasteiger partial charge in [-0.2, -0.15) is 0 Å². The standard InChI is InChI=1S/C71H138O17P2/c1-9-63(7)49-41-33-24-21-22-25-35-43-51-68(73)81-57-67(88-71(76)54-46-38-30-28-34-42-50-64(8)10-2)60-86-90(79,80)84-56-65(72)55-83-89(77,78)85-59-66(58-82-69(74)52-44-36-29-27-32-40-48-62(5)6)87-70(75)53-45-37-26-20-18-16-14-12-11-13-15-17-19-23-31-39-47-61(3)4/h61-67,72H,9-60H2,1-8H3,(H,77,78)(H,79,80)/t63?,64?,65?,66-,67-/m1/s1. The zero-order valence-electron chi connectivity index (χ0n) is 58.8. The second kappa shape index (κ2) is 60.7. The van der Waals surface area contributed by atoms with E-state index in [4.69, 9.17) is 37.0 Å². The van der Waals surface area contributed by atoms with Crippen LogP contribution >= 0.6 is 15.6 Å². The first-order chi connectivity index (χ1) is 43.2. The number of carbonyl (C=O) groups excluding carboxylic acids is 4. The summed E-state index contributed by atoms with van der Waals surface area (Å²) < 4.78 is 68.2. The predicted molar refractivity (Wildman–Crippen MR) is 363 cm³/mol. The number of esters is 4. The van der Waals surface area contributed by atoms with Crippen LogP contribution in [0.2, 0.25) is 0 Å². The highest BCUT2D eigenvalue weighted by molar-refractivity contribution is 7.47. The molecule has 90 heavy (non-hydrogen) atoms. The van der Waals surface area contributed by atoms with Gasteiger partial charge in [-0.15, -0.1) is 0 Å². The highest BCUT2D eigenvalue weighted by atomic mass is 31.2. The fraction of sp³-hybridized carbons (Fsp3) is 0.944. The van der Waals surface area contributed by atoms with Gasteiger partial charge in [0.05, 0.1) is 26.4 Å². The summed E-state index contributed by atoms with van der Waals surface area (Å²) in [6.45, 7) is 14.1. The molecule has 0 aliphatic rings. The van der Waals surface area contributed by atoms with E-state index in [2.05, 4.69) is 55.4 Å². The van der Waals surface area contributed by atoms with E-state index in [-0.39, 0.29) is 25.7 Å². The Morgan fingerprint density at radius 1 is 0.311 bits per heavy atom. The Balaban J connectivity index is 5.19. The first-order valence-corrected chi connectivity index (χ1v) is 39.8. The van der Waals surface area contributed by atoms with Crippen LogP contribution in [0.25, 0.3) is 0 Å². The number of phosphoric ester groups is 2. The van der Waals surface area contributed by atoms with Gasteiger partial charge in [0.15, 0.2) is 12.2 Å². The van der Waals surface area contributed by atoms with Crippen LogP contribution in [0.4, 0.5) is 0 Å². The van der Waals surface area contributed by atoms with E-state index in [0.29, 0.717) is 31.6 Å². The molecule has 5 unspecified atom stereocenters. The minimum absolute atomic E-state index is 0.102. The topological polar surface area (TPSA) is 237 Å². The first kappa shape index (κ1) is 88.1. The SMILES string of the molecule is CCC(C)CCCCCCCCCCC(=O)OC[C@H](COP(=O)(O)OCC(O)COP(=O)(O)OC[C@@H](COC(=O)CCCCCCCCC(C)C)OC(=O)CCCCCCCCCCCCCCCCCCC(C)C)OC(=O)CCCCCCCCC(C)CC. The number of hydrogen-bond donors (Lipinski definition) is 3. The van der Waals surface area contributed by atoms with Gasteiger partial charge >= 0.3 is 39.5 Å². The number of rotatable bonds is 68. The molecule has 17 nitrogen and oxygen atoms in total. The number of phosphoric acid groups is 2. The van der Waals surface area contributed by atoms with Crippen LogP contribution < -0.4 is 0 Å². The van der Waals surface area contributed by atoms with Crippen molar-refractivity contribution in [1.82, 2.24) is 0 Å². The molecule has 0 saturated heterocycles. The average Bonchev–Trinajstić information content (AvgIpc) is 2.39. The second-order valence-electron chi connectivity index (χ2n) is 27.1. The maximum Gasteiger partial charge on any atom is 0.472 e. The maximum atomic E-state index is 13.0. The molecule has 7 atom stereocenters. The van der Waals surface area contributed by atoms with Crippen LogP contribution in [-0.2, 0) is 65.4 Å². The third kappa shape index (κ3) is 62.2. The molecule has 3 N–H and O–H groups in total. The van der Waals surface area contributed by atoms with Gasteiger partial charge in [0.2, 0.25) is 0 Å². The summed E-state index contributed by atoms with van der Waals surface area (Å²) in [6.07, 6.45) is 43.3. The van der Waals surface area contributed by atoms with Crippen LogP contribution in [0, 0.1) is 23.7 Å². The van der Waals surface area contributed by atoms with Crippen molar-refractivity contribution >= 4 is 39.5 Å². The number of carbonyl (C=O) groups is 4. The molecule has 0 saturated carbocycles. The minimum atomic E-state index is -4.95. The summed E-state index contributed by atoms with van der Waals surface area (Å²) in [7, 11) is -9.90. The van der Waals surface area contributed by atoms with Gasteiger partial charge in [0, 0.05) is 25.7 Å². The number of ether oxygens (including phenoxy) is 4. The summed E-state index contributed by atoms with van der Waals surface area (Å²) in [6, 6.07) is 0. The molecule has 0 fully saturated rings. The lowest BCUT2D eigenvalue weighted by atomic mass is 9.99. The van der Waals surface area contributed by atoms with E-state index in [0.717, 1.165) is 114 Å². The van der Waals surface area contributed by atoms with Crippen molar-refractivity contribution in [3.63, 3.8) is 0 Å². The molecule has 0 aromatic rings. The smallest absolute Gasteiger partial charge is 0.462 e. The van der Waals surface area contributed by atoms with Gasteiger partial charge in [-0.25, -0.2) is 9.13 Å². The molecule has 0 aliphatic carbocycles. The van der Waals surface area contributed by atoms with Gasteiger partial charge in [-0.1, -0.05) is 299 Å². The summed E-state index contributed by atoms with van der Waals surface area (Å²) in [5.74, 6) is 0.853. The van der Waals surface area contributed by atoms with E-state index in [1.54, 1.807) is 0 Å². The largest absolute Gasteiger partial charge is 0.472 e. The Hall–Kier alpha value is -1.94. The molecule has 534 valence electrons. The van der Waals surface area contributed by atoms with E-state index in [9.17, 15) is 43.2 Å². The van der Waals surface area contributed by atoms with E-state index in [1.165, 1.54) is 148 Å². The van der Waals surface area contributed by atoms with Gasteiger partial charge in [0.1, 0.15) is 19.3 Å². The highest BCUT2D eigenvalue weighted by Crippen LogP contribution is 2.45. The van der Waals surface area contributed by atoms with E-state index < -0.39 is 97.5 Å². The van der Waals surface area contributed by atoms with Gasteiger partial charge < -0.3 is 33.8 Å². The fourth-order valence-corrected chi connectivity index (χ4v) is 12.2. The Morgan fingerprint density at radius 2 is 0.533 bits per heavy atom. The average molecular weight is 1330 g/mol. The van der Waals surface area contributed by atoms with Crippen molar-refractivity contribution in [3.8, 4) is 0 Å². The lowest BCUT2D eigenvalue weighted by molar-refractivity contribution is -0.161. The predicted octanol–water partition coefficient (Wildman–Crippen LogP) is 20.1. The van der Waals surface area contributed by atoms with Crippen LogP contribution in [0.1, 0.15) is 351 Å². The molecular weight excluding hydrogens is 1190 g/mol. The van der Waals surface area contributed by atoms with Crippen LogP contribution in [0.15, 0.2) is 0 Å². The normalized spacial score (nSPS) is 14.9. The summed E-state index contributed by atoms with van der Waals surface area (Å²) in [4.78, 5) is 72.5. The third-order valence-electron chi connectivity index (χ3n) is 17.0. The molecule has 0 radical (unpaired) electrons. The summed E-state index contributed by atoms with van der Waals surface area (Å²) in [5, 5.41) is 10.6. The van der Waals surface area contributed by atoms with Crippen molar-refractivity contribution in [3.05, 3.63) is 0 Å². The molecule has 0 rings (SSSR count). The molecular formula is C71H138O17P2. The van der Waals surface area contributed by atoms with Crippen molar-refractivity contribution in [1.29, 1.82) is 0 Å².